The topological polar surface area (TPSA) is 59.8 Å². The average molecular weight is 259 g/mol. The van der Waals surface area contributed by atoms with E-state index in [1.807, 2.05) is 0 Å². The van der Waals surface area contributed by atoms with Crippen LogP contribution in [-0.4, -0.2) is 30.5 Å². The summed E-state index contributed by atoms with van der Waals surface area (Å²) in [6, 6.07) is 8.24. The van der Waals surface area contributed by atoms with Gasteiger partial charge >= 0.3 is 5.63 Å². The number of hydrogen-bond acceptors (Lipinski definition) is 4. The molecule has 1 aliphatic heterocycles. The van der Waals surface area contributed by atoms with Crippen LogP contribution >= 0.6 is 0 Å². The van der Waals surface area contributed by atoms with Crippen molar-refractivity contribution in [3.63, 3.8) is 0 Å². The van der Waals surface area contributed by atoms with Crippen LogP contribution in [0.15, 0.2) is 39.5 Å². The fourth-order valence-corrected chi connectivity index (χ4v) is 1.93. The highest BCUT2D eigenvalue weighted by Crippen LogP contribution is 2.19. The summed E-state index contributed by atoms with van der Waals surface area (Å²) in [5, 5.41) is 0.820. The quantitative estimate of drug-likeness (QED) is 0.782. The molecule has 2 aromatic rings. The lowest BCUT2D eigenvalue weighted by Crippen LogP contribution is -2.44. The maximum Gasteiger partial charge on any atom is 0.336 e. The molecule has 3 rings (SSSR count). The van der Waals surface area contributed by atoms with Gasteiger partial charge in [-0.3, -0.25) is 4.79 Å². The highest BCUT2D eigenvalue weighted by Gasteiger charge is 2.20. The van der Waals surface area contributed by atoms with Crippen LogP contribution in [0.1, 0.15) is 6.42 Å². The van der Waals surface area contributed by atoms with Gasteiger partial charge in [-0.25, -0.2) is 4.79 Å². The van der Waals surface area contributed by atoms with Gasteiger partial charge in [-0.2, -0.15) is 0 Å². The summed E-state index contributed by atoms with van der Waals surface area (Å²) in [4.78, 5) is 24.5. The first kappa shape index (κ1) is 11.8. The molecule has 1 aliphatic rings. The van der Waals surface area contributed by atoms with E-state index in [-0.39, 0.29) is 12.5 Å². The first-order chi connectivity index (χ1) is 9.22. The van der Waals surface area contributed by atoms with Crippen molar-refractivity contribution in [2.45, 2.75) is 6.42 Å². The van der Waals surface area contributed by atoms with Gasteiger partial charge in [-0.1, -0.05) is 0 Å². The largest absolute Gasteiger partial charge is 0.484 e. The van der Waals surface area contributed by atoms with Crippen molar-refractivity contribution < 1.29 is 13.9 Å². The van der Waals surface area contributed by atoms with E-state index < -0.39 is 5.63 Å². The summed E-state index contributed by atoms with van der Waals surface area (Å²) in [5.41, 5.74) is 0.0581. The molecule has 0 unspecified atom stereocenters. The molecule has 1 aromatic carbocycles. The number of hydrogen-bond donors (Lipinski definition) is 0. The standard InChI is InChI=1S/C14H13NO4/c16-13(15-6-1-7-15)9-18-11-4-2-10-3-5-14(17)19-12(10)8-11/h2-5,8H,1,6-7,9H2. The molecule has 98 valence electrons. The molecule has 0 spiro atoms. The van der Waals surface area contributed by atoms with E-state index in [1.165, 1.54) is 6.07 Å². The Hall–Kier alpha value is -2.30. The predicted molar refractivity (Wildman–Crippen MR) is 69.2 cm³/mol. The number of nitrogens with zero attached hydrogens (tertiary/aromatic N) is 1. The maximum atomic E-state index is 11.6. The molecule has 0 N–H and O–H groups in total. The molecule has 0 atom stereocenters. The number of fused-ring (bicyclic) bond motifs is 1. The Balaban J connectivity index is 1.73. The molecule has 2 heterocycles. The zero-order chi connectivity index (χ0) is 13.2. The molecule has 0 saturated carbocycles. The zero-order valence-electron chi connectivity index (χ0n) is 10.3. The molecule has 1 amide bonds. The summed E-state index contributed by atoms with van der Waals surface area (Å²) in [6.07, 6.45) is 1.06. The summed E-state index contributed by atoms with van der Waals surface area (Å²) in [5.74, 6) is 0.511. The minimum absolute atomic E-state index is 0.0131. The van der Waals surface area contributed by atoms with Crippen molar-refractivity contribution in [1.29, 1.82) is 0 Å². The van der Waals surface area contributed by atoms with Gasteiger partial charge in [0.2, 0.25) is 0 Å². The number of amides is 1. The van der Waals surface area contributed by atoms with E-state index in [0.717, 1.165) is 24.9 Å². The molecule has 19 heavy (non-hydrogen) atoms. The average Bonchev–Trinajstić information content (AvgIpc) is 2.33. The van der Waals surface area contributed by atoms with Gasteiger partial charge in [0.1, 0.15) is 11.3 Å². The fraction of sp³-hybridized carbons (Fsp3) is 0.286. The molecule has 1 aromatic heterocycles. The summed E-state index contributed by atoms with van der Waals surface area (Å²) in [6.45, 7) is 1.64. The van der Waals surface area contributed by atoms with Gasteiger partial charge in [0, 0.05) is 30.6 Å². The Morgan fingerprint density at radius 3 is 2.79 bits per heavy atom. The summed E-state index contributed by atoms with van der Waals surface area (Å²) in [7, 11) is 0. The molecule has 0 radical (unpaired) electrons. The van der Waals surface area contributed by atoms with Crippen LogP contribution in [0.3, 0.4) is 0 Å². The number of likely N-dealkylation sites (tertiary alicyclic amines) is 1. The van der Waals surface area contributed by atoms with Gasteiger partial charge < -0.3 is 14.1 Å². The van der Waals surface area contributed by atoms with Crippen molar-refractivity contribution in [3.8, 4) is 5.75 Å². The van der Waals surface area contributed by atoms with E-state index in [0.29, 0.717) is 11.3 Å². The van der Waals surface area contributed by atoms with Gasteiger partial charge in [0.15, 0.2) is 6.61 Å². The van der Waals surface area contributed by atoms with Crippen LogP contribution in [0.5, 0.6) is 5.75 Å². The summed E-state index contributed by atoms with van der Waals surface area (Å²) < 4.78 is 10.5. The number of carbonyl (C=O) groups is 1. The third-order valence-corrected chi connectivity index (χ3v) is 3.17. The van der Waals surface area contributed by atoms with Crippen molar-refractivity contribution in [2.24, 2.45) is 0 Å². The lowest BCUT2D eigenvalue weighted by molar-refractivity contribution is -0.136. The number of carbonyl (C=O) groups excluding carboxylic acids is 1. The normalized spacial score (nSPS) is 14.2. The van der Waals surface area contributed by atoms with Crippen molar-refractivity contribution in [1.82, 2.24) is 4.90 Å². The smallest absolute Gasteiger partial charge is 0.336 e. The first-order valence-corrected chi connectivity index (χ1v) is 6.17. The minimum Gasteiger partial charge on any atom is -0.484 e. The SMILES string of the molecule is O=C(COc1ccc2ccc(=O)oc2c1)N1CCC1. The van der Waals surface area contributed by atoms with Crippen LogP contribution in [-0.2, 0) is 4.79 Å². The Kier molecular flexibility index (Phi) is 2.95. The summed E-state index contributed by atoms with van der Waals surface area (Å²) >= 11 is 0. The predicted octanol–water partition coefficient (Wildman–Crippen LogP) is 1.40. The Labute approximate surface area is 109 Å². The van der Waals surface area contributed by atoms with Crippen molar-refractivity contribution in [2.75, 3.05) is 19.7 Å². The van der Waals surface area contributed by atoms with Gasteiger partial charge in [-0.15, -0.1) is 0 Å². The zero-order valence-corrected chi connectivity index (χ0v) is 10.3. The van der Waals surface area contributed by atoms with Crippen LogP contribution in [0, 0.1) is 0 Å². The molecule has 1 saturated heterocycles. The molecule has 1 fully saturated rings. The molecule has 5 heteroatoms. The molecule has 0 aliphatic carbocycles. The van der Waals surface area contributed by atoms with E-state index in [2.05, 4.69) is 0 Å². The van der Waals surface area contributed by atoms with E-state index in [9.17, 15) is 9.59 Å². The molecule has 5 nitrogen and oxygen atoms in total. The lowest BCUT2D eigenvalue weighted by Gasteiger charge is -2.30. The molecule has 0 bridgehead atoms. The van der Waals surface area contributed by atoms with Gasteiger partial charge in [0.25, 0.3) is 5.91 Å². The van der Waals surface area contributed by atoms with E-state index >= 15 is 0 Å². The third-order valence-electron chi connectivity index (χ3n) is 3.17. The van der Waals surface area contributed by atoms with Crippen LogP contribution in [0.2, 0.25) is 0 Å². The van der Waals surface area contributed by atoms with Crippen molar-refractivity contribution in [3.05, 3.63) is 40.8 Å². The van der Waals surface area contributed by atoms with Crippen molar-refractivity contribution >= 4 is 16.9 Å². The van der Waals surface area contributed by atoms with E-state index in [1.54, 1.807) is 29.2 Å². The molecular weight excluding hydrogens is 246 g/mol. The third kappa shape index (κ3) is 2.45. The number of benzene rings is 1. The fourth-order valence-electron chi connectivity index (χ4n) is 1.93. The van der Waals surface area contributed by atoms with Crippen LogP contribution < -0.4 is 10.4 Å². The maximum absolute atomic E-state index is 11.6. The second-order valence-corrected chi connectivity index (χ2v) is 4.48. The number of ether oxygens (including phenoxy) is 1. The van der Waals surface area contributed by atoms with Gasteiger partial charge in [0.05, 0.1) is 0 Å². The van der Waals surface area contributed by atoms with Gasteiger partial charge in [-0.05, 0) is 24.6 Å². The minimum atomic E-state index is -0.402. The second kappa shape index (κ2) is 4.76. The van der Waals surface area contributed by atoms with E-state index in [4.69, 9.17) is 9.15 Å². The highest BCUT2D eigenvalue weighted by molar-refractivity contribution is 5.79. The Bertz CT molecular complexity index is 672. The second-order valence-electron chi connectivity index (χ2n) is 4.48. The Morgan fingerprint density at radius 1 is 1.26 bits per heavy atom. The molecular formula is C14H13NO4. The monoisotopic (exact) mass is 259 g/mol. The number of rotatable bonds is 3. The highest BCUT2D eigenvalue weighted by atomic mass is 16.5. The van der Waals surface area contributed by atoms with Crippen LogP contribution in [0.4, 0.5) is 0 Å². The Morgan fingerprint density at radius 2 is 2.05 bits per heavy atom. The first-order valence-electron chi connectivity index (χ1n) is 6.17. The van der Waals surface area contributed by atoms with Crippen LogP contribution in [0.25, 0.3) is 11.0 Å². The lowest BCUT2D eigenvalue weighted by atomic mass is 10.2.